The van der Waals surface area contributed by atoms with Gasteiger partial charge in [0.1, 0.15) is 11.5 Å². The van der Waals surface area contributed by atoms with Gasteiger partial charge in [-0.2, -0.15) is 0 Å². The Bertz CT molecular complexity index is 1100. The molecular weight excluding hydrogens is 362 g/mol. The van der Waals surface area contributed by atoms with Crippen molar-refractivity contribution in [3.8, 4) is 34.4 Å². The summed E-state index contributed by atoms with van der Waals surface area (Å²) in [6.07, 6.45) is 1.50. The van der Waals surface area contributed by atoms with Crippen molar-refractivity contribution < 1.29 is 18.2 Å². The summed E-state index contributed by atoms with van der Waals surface area (Å²) >= 11 is 5.86. The molecule has 0 aliphatic heterocycles. The summed E-state index contributed by atoms with van der Waals surface area (Å²) in [5.41, 5.74) is 0.689. The molecule has 0 radical (unpaired) electrons. The molecule has 0 bridgehead atoms. The largest absolute Gasteiger partial charge is 0.460 e. The van der Waals surface area contributed by atoms with Gasteiger partial charge >= 0.3 is 0 Å². The van der Waals surface area contributed by atoms with Crippen LogP contribution >= 0.6 is 11.6 Å². The van der Waals surface area contributed by atoms with Crippen LogP contribution in [0.25, 0.3) is 34.4 Å². The highest BCUT2D eigenvalue weighted by Crippen LogP contribution is 2.37. The predicted octanol–water partition coefficient (Wildman–Crippen LogP) is 5.13. The molecule has 3 aromatic heterocycles. The van der Waals surface area contributed by atoms with Gasteiger partial charge in [0.05, 0.1) is 22.3 Å². The molecule has 4 aromatic rings. The molecule has 0 spiro atoms. The lowest BCUT2D eigenvalue weighted by atomic mass is 10.1. The van der Waals surface area contributed by atoms with E-state index < -0.39 is 4.92 Å². The van der Waals surface area contributed by atoms with Crippen LogP contribution in [0.1, 0.15) is 5.76 Å². The first-order chi connectivity index (χ1) is 12.5. The summed E-state index contributed by atoms with van der Waals surface area (Å²) in [5, 5.41) is 19.5. The molecule has 0 saturated carbocycles. The first-order valence-corrected chi connectivity index (χ1v) is 7.83. The standard InChI is InChI=1S/C17H10ClN3O5/c1-9-12(16-19-20-17(26-16)14-3-2-6-24-14)8-15(25-9)11-5-4-10(18)7-13(11)21(22)23/h2-8H,1H3. The van der Waals surface area contributed by atoms with E-state index in [0.29, 0.717) is 28.4 Å². The molecule has 0 fully saturated rings. The fourth-order valence-electron chi connectivity index (χ4n) is 2.52. The van der Waals surface area contributed by atoms with Gasteiger partial charge in [0.25, 0.3) is 17.5 Å². The molecule has 8 nitrogen and oxygen atoms in total. The maximum absolute atomic E-state index is 11.3. The number of hydrogen-bond acceptors (Lipinski definition) is 7. The second kappa shape index (κ2) is 6.16. The second-order valence-electron chi connectivity index (χ2n) is 5.39. The molecule has 130 valence electrons. The minimum Gasteiger partial charge on any atom is -0.460 e. The Morgan fingerprint density at radius 2 is 1.85 bits per heavy atom. The Morgan fingerprint density at radius 1 is 1.04 bits per heavy atom. The summed E-state index contributed by atoms with van der Waals surface area (Å²) < 4.78 is 16.5. The maximum Gasteiger partial charge on any atom is 0.283 e. The van der Waals surface area contributed by atoms with Gasteiger partial charge in [0, 0.05) is 11.1 Å². The van der Waals surface area contributed by atoms with E-state index in [1.54, 1.807) is 31.2 Å². The third kappa shape index (κ3) is 2.76. The Kier molecular flexibility index (Phi) is 3.81. The number of furan rings is 2. The molecule has 0 saturated heterocycles. The number of rotatable bonds is 4. The molecule has 9 heteroatoms. The lowest BCUT2D eigenvalue weighted by molar-refractivity contribution is -0.384. The Labute approximate surface area is 151 Å². The van der Waals surface area contributed by atoms with Crippen molar-refractivity contribution in [2.75, 3.05) is 0 Å². The summed E-state index contributed by atoms with van der Waals surface area (Å²) in [4.78, 5) is 10.8. The van der Waals surface area contributed by atoms with Crippen LogP contribution in [0.15, 0.2) is 55.9 Å². The predicted molar refractivity (Wildman–Crippen MR) is 91.5 cm³/mol. The third-order valence-electron chi connectivity index (χ3n) is 3.73. The van der Waals surface area contributed by atoms with Crippen LogP contribution in [0.5, 0.6) is 0 Å². The first kappa shape index (κ1) is 16.1. The number of benzene rings is 1. The van der Waals surface area contributed by atoms with E-state index >= 15 is 0 Å². The fourth-order valence-corrected chi connectivity index (χ4v) is 2.69. The third-order valence-corrected chi connectivity index (χ3v) is 3.96. The van der Waals surface area contributed by atoms with Crippen molar-refractivity contribution in [3.05, 3.63) is 63.6 Å². The van der Waals surface area contributed by atoms with E-state index in [1.165, 1.54) is 18.4 Å². The van der Waals surface area contributed by atoms with E-state index in [0.717, 1.165) is 0 Å². The molecule has 0 amide bonds. The van der Waals surface area contributed by atoms with E-state index in [-0.39, 0.29) is 22.5 Å². The van der Waals surface area contributed by atoms with Crippen LogP contribution in [0.4, 0.5) is 5.69 Å². The minimum absolute atomic E-state index is 0.153. The number of halogens is 1. The lowest BCUT2D eigenvalue weighted by Gasteiger charge is -1.99. The van der Waals surface area contributed by atoms with Gasteiger partial charge < -0.3 is 13.3 Å². The monoisotopic (exact) mass is 371 g/mol. The van der Waals surface area contributed by atoms with Crippen LogP contribution < -0.4 is 0 Å². The van der Waals surface area contributed by atoms with Crippen LogP contribution in [0, 0.1) is 17.0 Å². The highest BCUT2D eigenvalue weighted by molar-refractivity contribution is 6.30. The van der Waals surface area contributed by atoms with Gasteiger partial charge in [-0.15, -0.1) is 10.2 Å². The molecule has 3 heterocycles. The van der Waals surface area contributed by atoms with Crippen molar-refractivity contribution in [3.63, 3.8) is 0 Å². The summed E-state index contributed by atoms with van der Waals surface area (Å²) in [6.45, 7) is 1.71. The van der Waals surface area contributed by atoms with Gasteiger partial charge in [0.15, 0.2) is 5.76 Å². The molecule has 4 rings (SSSR count). The Balaban J connectivity index is 1.77. The average Bonchev–Trinajstić information content (AvgIpc) is 3.34. The van der Waals surface area contributed by atoms with Gasteiger partial charge in [0.2, 0.25) is 0 Å². The van der Waals surface area contributed by atoms with Gasteiger partial charge in [-0.05, 0) is 37.3 Å². The maximum atomic E-state index is 11.3. The molecule has 0 unspecified atom stereocenters. The zero-order valence-electron chi connectivity index (χ0n) is 13.3. The summed E-state index contributed by atoms with van der Waals surface area (Å²) in [5.74, 6) is 1.68. The van der Waals surface area contributed by atoms with Crippen molar-refractivity contribution in [2.45, 2.75) is 6.92 Å². The van der Waals surface area contributed by atoms with Crippen LogP contribution in [-0.2, 0) is 0 Å². The van der Waals surface area contributed by atoms with E-state index in [4.69, 9.17) is 24.9 Å². The zero-order chi connectivity index (χ0) is 18.3. The Hall–Kier alpha value is -3.39. The topological polar surface area (TPSA) is 108 Å². The fraction of sp³-hybridized carbons (Fsp3) is 0.0588. The van der Waals surface area contributed by atoms with E-state index in [9.17, 15) is 10.1 Å². The number of aromatic nitrogens is 2. The van der Waals surface area contributed by atoms with Crippen LogP contribution in [-0.4, -0.2) is 15.1 Å². The normalized spacial score (nSPS) is 11.0. The van der Waals surface area contributed by atoms with Gasteiger partial charge in [-0.3, -0.25) is 10.1 Å². The highest BCUT2D eigenvalue weighted by Gasteiger charge is 2.23. The molecule has 1 aromatic carbocycles. The average molecular weight is 372 g/mol. The minimum atomic E-state index is -0.513. The van der Waals surface area contributed by atoms with Gasteiger partial charge in [-0.25, -0.2) is 0 Å². The lowest BCUT2D eigenvalue weighted by Crippen LogP contribution is -1.91. The highest BCUT2D eigenvalue weighted by atomic mass is 35.5. The quantitative estimate of drug-likeness (QED) is 0.361. The van der Waals surface area contributed by atoms with Crippen molar-refractivity contribution in [1.82, 2.24) is 10.2 Å². The smallest absolute Gasteiger partial charge is 0.283 e. The van der Waals surface area contributed by atoms with E-state index in [2.05, 4.69) is 10.2 Å². The molecule has 26 heavy (non-hydrogen) atoms. The molecule has 0 aliphatic carbocycles. The van der Waals surface area contributed by atoms with Gasteiger partial charge in [-0.1, -0.05) is 11.6 Å². The van der Waals surface area contributed by atoms with E-state index in [1.807, 2.05) is 0 Å². The molecular formula is C17H10ClN3O5. The molecule has 0 atom stereocenters. The van der Waals surface area contributed by atoms with Crippen LogP contribution in [0.2, 0.25) is 5.02 Å². The number of nitro benzene ring substituents is 1. The first-order valence-electron chi connectivity index (χ1n) is 7.45. The van der Waals surface area contributed by atoms with Crippen molar-refractivity contribution in [1.29, 1.82) is 0 Å². The van der Waals surface area contributed by atoms with Crippen molar-refractivity contribution in [2.24, 2.45) is 0 Å². The number of aryl methyl sites for hydroxylation is 1. The molecule has 0 N–H and O–H groups in total. The van der Waals surface area contributed by atoms with Crippen molar-refractivity contribution >= 4 is 17.3 Å². The number of hydrogen-bond donors (Lipinski definition) is 0. The SMILES string of the molecule is Cc1oc(-c2ccc(Cl)cc2[N+](=O)[O-])cc1-c1nnc(-c2ccco2)o1. The molecule has 0 aliphatic rings. The Morgan fingerprint density at radius 3 is 2.58 bits per heavy atom. The summed E-state index contributed by atoms with van der Waals surface area (Å²) in [6, 6.07) is 9.39. The number of nitrogens with zero attached hydrogens (tertiary/aromatic N) is 3. The number of nitro groups is 1. The zero-order valence-corrected chi connectivity index (χ0v) is 14.1. The van der Waals surface area contributed by atoms with Crippen LogP contribution in [0.3, 0.4) is 0 Å². The second-order valence-corrected chi connectivity index (χ2v) is 5.83. The summed E-state index contributed by atoms with van der Waals surface area (Å²) in [7, 11) is 0.